The summed E-state index contributed by atoms with van der Waals surface area (Å²) in [6.45, 7) is 7.45. The molecule has 1 N–H and O–H groups in total. The summed E-state index contributed by atoms with van der Waals surface area (Å²) in [6, 6.07) is 8.91. The van der Waals surface area contributed by atoms with Crippen LogP contribution in [0.5, 0.6) is 0 Å². The zero-order chi connectivity index (χ0) is 12.7. The molecule has 0 aliphatic heterocycles. The largest absolute Gasteiger partial charge is 0.310 e. The number of thioether (sulfide) groups is 1. The van der Waals surface area contributed by atoms with Crippen LogP contribution in [-0.4, -0.2) is 18.3 Å². The molecule has 1 atom stereocenters. The minimum Gasteiger partial charge on any atom is -0.310 e. The fraction of sp³-hybridized carbons (Fsp3) is 0.429. The van der Waals surface area contributed by atoms with Gasteiger partial charge in [-0.15, -0.1) is 11.8 Å². The van der Waals surface area contributed by atoms with Gasteiger partial charge in [0.05, 0.1) is 0 Å². The molecule has 1 rings (SSSR count). The minimum atomic E-state index is 0.453. The van der Waals surface area contributed by atoms with E-state index in [9.17, 15) is 0 Å². The average molecular weight is 314 g/mol. The average Bonchev–Trinajstić information content (AvgIpc) is 2.26. The zero-order valence-electron chi connectivity index (χ0n) is 10.7. The maximum Gasteiger partial charge on any atom is 0.0346 e. The van der Waals surface area contributed by atoms with Crippen LogP contribution < -0.4 is 5.32 Å². The Labute approximate surface area is 117 Å². The van der Waals surface area contributed by atoms with E-state index in [1.165, 1.54) is 10.5 Å². The second kappa shape index (κ2) is 7.96. The molecule has 0 spiro atoms. The zero-order valence-corrected chi connectivity index (χ0v) is 13.1. The Morgan fingerprint density at radius 3 is 2.82 bits per heavy atom. The van der Waals surface area contributed by atoms with E-state index in [1.54, 1.807) is 0 Å². The second-order valence-corrected chi connectivity index (χ2v) is 6.19. The van der Waals surface area contributed by atoms with Crippen LogP contribution in [0.4, 0.5) is 0 Å². The summed E-state index contributed by atoms with van der Waals surface area (Å²) in [4.78, 5) is 1.31. The molecule has 0 aliphatic rings. The van der Waals surface area contributed by atoms with Gasteiger partial charge < -0.3 is 5.32 Å². The molecule has 0 saturated heterocycles. The lowest BCUT2D eigenvalue weighted by atomic mass is 10.2. The highest BCUT2D eigenvalue weighted by Gasteiger charge is 2.04. The lowest BCUT2D eigenvalue weighted by molar-refractivity contribution is 0.665. The maximum atomic E-state index is 3.50. The lowest BCUT2D eigenvalue weighted by Gasteiger charge is -2.14. The van der Waals surface area contributed by atoms with Gasteiger partial charge >= 0.3 is 0 Å². The first kappa shape index (κ1) is 14.8. The number of hydrogen-bond acceptors (Lipinski definition) is 2. The molecule has 0 aliphatic carbocycles. The summed E-state index contributed by atoms with van der Waals surface area (Å²) in [6.07, 6.45) is 2.30. The summed E-state index contributed by atoms with van der Waals surface area (Å²) in [5.41, 5.74) is 1.37. The summed E-state index contributed by atoms with van der Waals surface area (Å²) in [5.74, 6) is 1.06. The van der Waals surface area contributed by atoms with E-state index in [4.69, 9.17) is 0 Å². The summed E-state index contributed by atoms with van der Waals surface area (Å²) in [7, 11) is 0. The van der Waals surface area contributed by atoms with Crippen LogP contribution in [-0.2, 0) is 0 Å². The smallest absolute Gasteiger partial charge is 0.0346 e. The van der Waals surface area contributed by atoms with Crippen LogP contribution in [0.25, 0.3) is 0 Å². The molecule has 1 aromatic carbocycles. The van der Waals surface area contributed by atoms with Gasteiger partial charge in [0.15, 0.2) is 0 Å². The van der Waals surface area contributed by atoms with Gasteiger partial charge in [-0.3, -0.25) is 0 Å². The van der Waals surface area contributed by atoms with Gasteiger partial charge in [-0.25, -0.2) is 0 Å². The van der Waals surface area contributed by atoms with Gasteiger partial charge in [-0.05, 0) is 38.6 Å². The van der Waals surface area contributed by atoms with E-state index in [0.717, 1.165) is 16.8 Å². The van der Waals surface area contributed by atoms with E-state index in [1.807, 2.05) is 11.8 Å². The third-order valence-electron chi connectivity index (χ3n) is 2.23. The monoisotopic (exact) mass is 313 g/mol. The number of benzene rings is 1. The molecule has 0 radical (unpaired) electrons. The third kappa shape index (κ3) is 6.29. The molecular formula is C14H20BrNS. The normalized spacial score (nSPS) is 12.2. The van der Waals surface area contributed by atoms with Crippen LogP contribution in [0.15, 0.2) is 45.3 Å². The Hall–Kier alpha value is -0.250. The summed E-state index contributed by atoms with van der Waals surface area (Å²) >= 11 is 5.39. The van der Waals surface area contributed by atoms with E-state index in [0.29, 0.717) is 6.04 Å². The molecule has 0 heterocycles. The Morgan fingerprint density at radius 2 is 2.24 bits per heavy atom. The third-order valence-corrected chi connectivity index (χ3v) is 3.83. The van der Waals surface area contributed by atoms with Crippen molar-refractivity contribution < 1.29 is 0 Å². The van der Waals surface area contributed by atoms with Crippen LogP contribution in [0.3, 0.4) is 0 Å². The van der Waals surface area contributed by atoms with Crippen molar-refractivity contribution in [3.05, 3.63) is 40.4 Å². The van der Waals surface area contributed by atoms with Gasteiger partial charge in [0.2, 0.25) is 0 Å². The number of rotatable bonds is 6. The standard InChI is InChI=1S/C14H20BrNS/c1-4-16-13(8-11(2)3)10-17-14-7-5-6-12(15)9-14/h5-9,13,16H,4,10H2,1-3H3. The van der Waals surface area contributed by atoms with Crippen LogP contribution in [0, 0.1) is 0 Å². The molecule has 0 saturated carbocycles. The molecule has 94 valence electrons. The maximum absolute atomic E-state index is 3.50. The number of likely N-dealkylation sites (N-methyl/N-ethyl adjacent to an activating group) is 1. The molecule has 17 heavy (non-hydrogen) atoms. The molecule has 3 heteroatoms. The molecule has 0 aromatic heterocycles. The molecule has 0 amide bonds. The molecule has 1 unspecified atom stereocenters. The highest BCUT2D eigenvalue weighted by Crippen LogP contribution is 2.22. The van der Waals surface area contributed by atoms with Crippen molar-refractivity contribution >= 4 is 27.7 Å². The van der Waals surface area contributed by atoms with Gasteiger partial charge in [0.1, 0.15) is 0 Å². The molecule has 0 fully saturated rings. The SMILES string of the molecule is CCNC(C=C(C)C)CSc1cccc(Br)c1. The first-order chi connectivity index (χ1) is 8.11. The van der Waals surface area contributed by atoms with Crippen LogP contribution in [0.1, 0.15) is 20.8 Å². The van der Waals surface area contributed by atoms with Gasteiger partial charge in [-0.1, -0.05) is 40.6 Å². The predicted molar refractivity (Wildman–Crippen MR) is 81.8 cm³/mol. The van der Waals surface area contributed by atoms with Gasteiger partial charge in [0, 0.05) is 21.2 Å². The molecule has 1 nitrogen and oxygen atoms in total. The molecular weight excluding hydrogens is 294 g/mol. The number of allylic oxidation sites excluding steroid dienone is 1. The Kier molecular flexibility index (Phi) is 6.93. The fourth-order valence-electron chi connectivity index (χ4n) is 1.57. The highest BCUT2D eigenvalue weighted by atomic mass is 79.9. The lowest BCUT2D eigenvalue weighted by Crippen LogP contribution is -2.29. The summed E-state index contributed by atoms with van der Waals surface area (Å²) in [5, 5.41) is 3.49. The summed E-state index contributed by atoms with van der Waals surface area (Å²) < 4.78 is 1.14. The Balaban J connectivity index is 2.54. The van der Waals surface area contributed by atoms with Crippen molar-refractivity contribution in [3.8, 4) is 0 Å². The first-order valence-corrected chi connectivity index (χ1v) is 7.66. The molecule has 0 bridgehead atoms. The Morgan fingerprint density at radius 1 is 1.47 bits per heavy atom. The fourth-order valence-corrected chi connectivity index (χ4v) is 3.10. The van der Waals surface area contributed by atoms with E-state index < -0.39 is 0 Å². The van der Waals surface area contributed by atoms with Crippen LogP contribution >= 0.6 is 27.7 Å². The second-order valence-electron chi connectivity index (χ2n) is 4.18. The van der Waals surface area contributed by atoms with Gasteiger partial charge in [0.25, 0.3) is 0 Å². The van der Waals surface area contributed by atoms with E-state index >= 15 is 0 Å². The van der Waals surface area contributed by atoms with E-state index in [-0.39, 0.29) is 0 Å². The van der Waals surface area contributed by atoms with Crippen molar-refractivity contribution in [2.75, 3.05) is 12.3 Å². The quantitative estimate of drug-likeness (QED) is 0.613. The predicted octanol–water partition coefficient (Wildman–Crippen LogP) is 4.49. The topological polar surface area (TPSA) is 12.0 Å². The first-order valence-electron chi connectivity index (χ1n) is 5.88. The van der Waals surface area contributed by atoms with Crippen molar-refractivity contribution in [2.45, 2.75) is 31.7 Å². The van der Waals surface area contributed by atoms with Crippen molar-refractivity contribution in [1.29, 1.82) is 0 Å². The van der Waals surface area contributed by atoms with Crippen molar-refractivity contribution in [3.63, 3.8) is 0 Å². The Bertz CT molecular complexity index is 372. The van der Waals surface area contributed by atoms with Crippen LogP contribution in [0.2, 0.25) is 0 Å². The number of nitrogens with one attached hydrogen (secondary N) is 1. The number of hydrogen-bond donors (Lipinski definition) is 1. The highest BCUT2D eigenvalue weighted by molar-refractivity contribution is 9.10. The van der Waals surface area contributed by atoms with Crippen molar-refractivity contribution in [1.82, 2.24) is 5.32 Å². The van der Waals surface area contributed by atoms with Gasteiger partial charge in [-0.2, -0.15) is 0 Å². The number of halogens is 1. The minimum absolute atomic E-state index is 0.453. The van der Waals surface area contributed by atoms with Crippen molar-refractivity contribution in [2.24, 2.45) is 0 Å². The van der Waals surface area contributed by atoms with E-state index in [2.05, 4.69) is 72.4 Å². The molecule has 1 aromatic rings.